The van der Waals surface area contributed by atoms with E-state index in [-0.39, 0.29) is 25.1 Å². The van der Waals surface area contributed by atoms with E-state index in [0.717, 1.165) is 4.31 Å². The highest BCUT2D eigenvalue weighted by Crippen LogP contribution is 2.26. The Labute approximate surface area is 115 Å². The fourth-order valence-corrected chi connectivity index (χ4v) is 3.75. The number of nitrogens with two attached hydrogens (primary N) is 1. The molecule has 0 saturated carbocycles. The van der Waals surface area contributed by atoms with Crippen molar-refractivity contribution >= 4 is 10.0 Å². The number of nitrogens with zero attached hydrogens (tertiary/aromatic N) is 1. The third-order valence-corrected chi connectivity index (χ3v) is 5.41. The summed E-state index contributed by atoms with van der Waals surface area (Å²) in [5.74, 6) is -3.86. The normalized spacial score (nSPS) is 18.4. The molecule has 1 aliphatic heterocycles. The fraction of sp³-hybridized carbons (Fsp3) is 0.500. The first kappa shape index (κ1) is 15.3. The highest BCUT2D eigenvalue weighted by atomic mass is 32.2. The lowest BCUT2D eigenvalue weighted by atomic mass is 9.99. The molecule has 2 N–H and O–H groups in total. The van der Waals surface area contributed by atoms with E-state index in [1.165, 1.54) is 0 Å². The quantitative estimate of drug-likeness (QED) is 0.860. The van der Waals surface area contributed by atoms with Crippen LogP contribution in [0.25, 0.3) is 0 Å². The predicted molar refractivity (Wildman–Crippen MR) is 66.9 cm³/mol. The van der Waals surface area contributed by atoms with Gasteiger partial charge in [0, 0.05) is 19.2 Å². The van der Waals surface area contributed by atoms with Crippen molar-refractivity contribution in [1.29, 1.82) is 0 Å². The molecular weight excluding hydrogens is 293 g/mol. The molecule has 1 aromatic rings. The number of piperidine rings is 1. The van der Waals surface area contributed by atoms with Gasteiger partial charge in [-0.05, 0) is 31.4 Å². The Balaban J connectivity index is 2.30. The largest absolute Gasteiger partial charge is 0.330 e. The summed E-state index contributed by atoms with van der Waals surface area (Å²) in [5.41, 5.74) is 5.51. The highest BCUT2D eigenvalue weighted by molar-refractivity contribution is 7.89. The summed E-state index contributed by atoms with van der Waals surface area (Å²) in [7, 11) is -4.15. The van der Waals surface area contributed by atoms with Crippen LogP contribution in [0.3, 0.4) is 0 Å². The van der Waals surface area contributed by atoms with Gasteiger partial charge in [0.2, 0.25) is 10.0 Å². The van der Waals surface area contributed by atoms with Crippen molar-refractivity contribution < 1.29 is 21.6 Å². The van der Waals surface area contributed by atoms with E-state index < -0.39 is 32.4 Å². The van der Waals surface area contributed by atoms with Crippen LogP contribution in [0.15, 0.2) is 17.0 Å². The van der Waals surface area contributed by atoms with Crippen molar-refractivity contribution in [2.24, 2.45) is 11.7 Å². The summed E-state index contributed by atoms with van der Waals surface area (Å²) in [4.78, 5) is -0.831. The van der Waals surface area contributed by atoms with Crippen molar-refractivity contribution in [2.75, 3.05) is 19.6 Å². The predicted octanol–water partition coefficient (Wildman–Crippen LogP) is 1.46. The minimum absolute atomic E-state index is 0.197. The monoisotopic (exact) mass is 308 g/mol. The summed E-state index contributed by atoms with van der Waals surface area (Å²) in [5, 5.41) is 0. The zero-order chi connectivity index (χ0) is 14.9. The topological polar surface area (TPSA) is 63.4 Å². The van der Waals surface area contributed by atoms with E-state index in [4.69, 9.17) is 5.73 Å². The maximum atomic E-state index is 13.6. The van der Waals surface area contributed by atoms with E-state index in [0.29, 0.717) is 25.5 Å². The fourth-order valence-electron chi connectivity index (χ4n) is 2.23. The van der Waals surface area contributed by atoms with Gasteiger partial charge in [-0.15, -0.1) is 0 Å². The van der Waals surface area contributed by atoms with Gasteiger partial charge in [0.15, 0.2) is 11.6 Å². The average Bonchev–Trinajstić information content (AvgIpc) is 2.42. The molecule has 0 amide bonds. The molecule has 20 heavy (non-hydrogen) atoms. The van der Waals surface area contributed by atoms with Crippen LogP contribution in [0.1, 0.15) is 12.8 Å². The molecule has 0 aromatic heterocycles. The lowest BCUT2D eigenvalue weighted by Gasteiger charge is -2.30. The van der Waals surface area contributed by atoms with Gasteiger partial charge in [-0.2, -0.15) is 4.31 Å². The van der Waals surface area contributed by atoms with Crippen LogP contribution in [0.4, 0.5) is 13.2 Å². The molecule has 4 nitrogen and oxygen atoms in total. The van der Waals surface area contributed by atoms with Gasteiger partial charge >= 0.3 is 0 Å². The summed E-state index contributed by atoms with van der Waals surface area (Å²) >= 11 is 0. The van der Waals surface area contributed by atoms with Crippen LogP contribution in [0.5, 0.6) is 0 Å². The Morgan fingerprint density at radius 2 is 1.65 bits per heavy atom. The van der Waals surface area contributed by atoms with Crippen molar-refractivity contribution in [1.82, 2.24) is 4.31 Å². The summed E-state index contributed by atoms with van der Waals surface area (Å²) < 4.78 is 65.1. The standard InChI is InChI=1S/C12H15F3N2O2S/c13-9-5-11(15)12(6-10(9)14)20(18,19)17-3-1-8(7-16)2-4-17/h5-6,8H,1-4,7,16H2. The second-order valence-electron chi connectivity index (χ2n) is 4.78. The number of sulfonamides is 1. The van der Waals surface area contributed by atoms with E-state index in [1.807, 2.05) is 0 Å². The number of benzene rings is 1. The minimum atomic E-state index is -4.15. The Morgan fingerprint density at radius 1 is 1.10 bits per heavy atom. The Hall–Kier alpha value is -1.12. The SMILES string of the molecule is NCC1CCN(S(=O)(=O)c2cc(F)c(F)cc2F)CC1. The van der Waals surface area contributed by atoms with Crippen LogP contribution < -0.4 is 5.73 Å². The molecule has 0 radical (unpaired) electrons. The van der Waals surface area contributed by atoms with Crippen molar-refractivity contribution in [2.45, 2.75) is 17.7 Å². The zero-order valence-corrected chi connectivity index (χ0v) is 11.5. The minimum Gasteiger partial charge on any atom is -0.330 e. The molecule has 1 heterocycles. The first-order valence-corrected chi connectivity index (χ1v) is 7.65. The summed E-state index contributed by atoms with van der Waals surface area (Å²) in [6.07, 6.45) is 1.14. The lowest BCUT2D eigenvalue weighted by Crippen LogP contribution is -2.40. The molecule has 2 rings (SSSR count). The Morgan fingerprint density at radius 3 is 2.20 bits per heavy atom. The average molecular weight is 308 g/mol. The van der Waals surface area contributed by atoms with E-state index >= 15 is 0 Å². The van der Waals surface area contributed by atoms with Gasteiger partial charge in [-0.1, -0.05) is 0 Å². The zero-order valence-electron chi connectivity index (χ0n) is 10.7. The molecule has 8 heteroatoms. The molecule has 0 bridgehead atoms. The lowest BCUT2D eigenvalue weighted by molar-refractivity contribution is 0.277. The molecule has 0 atom stereocenters. The van der Waals surface area contributed by atoms with E-state index in [9.17, 15) is 21.6 Å². The maximum absolute atomic E-state index is 13.6. The van der Waals surface area contributed by atoms with Gasteiger partial charge in [0.25, 0.3) is 0 Å². The molecule has 112 valence electrons. The van der Waals surface area contributed by atoms with Gasteiger partial charge in [0.05, 0.1) is 0 Å². The van der Waals surface area contributed by atoms with Crippen LogP contribution in [-0.2, 0) is 10.0 Å². The van der Waals surface area contributed by atoms with Crippen LogP contribution in [0, 0.1) is 23.4 Å². The third kappa shape index (κ3) is 2.82. The third-order valence-electron chi connectivity index (χ3n) is 3.50. The highest BCUT2D eigenvalue weighted by Gasteiger charge is 2.31. The summed E-state index contributed by atoms with van der Waals surface area (Å²) in [6, 6.07) is 0.629. The Kier molecular flexibility index (Phi) is 4.36. The van der Waals surface area contributed by atoms with Gasteiger partial charge in [-0.25, -0.2) is 21.6 Å². The Bertz CT molecular complexity index is 599. The smallest absolute Gasteiger partial charge is 0.246 e. The van der Waals surface area contributed by atoms with E-state index in [1.54, 1.807) is 0 Å². The van der Waals surface area contributed by atoms with Crippen LogP contribution in [0.2, 0.25) is 0 Å². The molecular formula is C12H15F3N2O2S. The maximum Gasteiger partial charge on any atom is 0.246 e. The number of hydrogen-bond donors (Lipinski definition) is 1. The first-order valence-electron chi connectivity index (χ1n) is 6.21. The van der Waals surface area contributed by atoms with Gasteiger partial charge in [0.1, 0.15) is 10.7 Å². The second-order valence-corrected chi connectivity index (χ2v) is 6.69. The van der Waals surface area contributed by atoms with Crippen LogP contribution >= 0.6 is 0 Å². The van der Waals surface area contributed by atoms with Crippen LogP contribution in [-0.4, -0.2) is 32.4 Å². The molecule has 0 spiro atoms. The van der Waals surface area contributed by atoms with E-state index in [2.05, 4.69) is 0 Å². The molecule has 1 aromatic carbocycles. The molecule has 0 aliphatic carbocycles. The molecule has 1 fully saturated rings. The number of halogens is 3. The van der Waals surface area contributed by atoms with Crippen molar-refractivity contribution in [3.05, 3.63) is 29.6 Å². The molecule has 1 aliphatic rings. The summed E-state index contributed by atoms with van der Waals surface area (Å²) in [6.45, 7) is 0.860. The number of hydrogen-bond acceptors (Lipinski definition) is 3. The van der Waals surface area contributed by atoms with Crippen molar-refractivity contribution in [3.63, 3.8) is 0 Å². The van der Waals surface area contributed by atoms with Gasteiger partial charge < -0.3 is 5.73 Å². The molecule has 0 unspecified atom stereocenters. The first-order chi connectivity index (χ1) is 9.36. The van der Waals surface area contributed by atoms with Gasteiger partial charge in [-0.3, -0.25) is 0 Å². The number of rotatable bonds is 3. The van der Waals surface area contributed by atoms with Crippen molar-refractivity contribution in [3.8, 4) is 0 Å². The molecule has 1 saturated heterocycles. The second kappa shape index (κ2) is 5.71.